The molecule has 76 heavy (non-hydrogen) atoms. The van der Waals surface area contributed by atoms with Crippen LogP contribution in [0.3, 0.4) is 0 Å². The molecule has 1 aliphatic heterocycles. The van der Waals surface area contributed by atoms with Crippen molar-refractivity contribution in [3.05, 3.63) is 24.3 Å². The van der Waals surface area contributed by atoms with Crippen LogP contribution in [-0.2, 0) is 28.8 Å². The van der Waals surface area contributed by atoms with Crippen LogP contribution in [-0.4, -0.2) is 133 Å². The summed E-state index contributed by atoms with van der Waals surface area (Å²) in [5.41, 5.74) is 1.57. The van der Waals surface area contributed by atoms with E-state index in [0.29, 0.717) is 0 Å². The van der Waals surface area contributed by atoms with E-state index in [1.807, 2.05) is 0 Å². The molecule has 1 aliphatic rings. The van der Waals surface area contributed by atoms with E-state index < -0.39 is 133 Å². The lowest BCUT2D eigenvalue weighted by Crippen LogP contribution is -2.64. The molecule has 0 N–H and O–H groups in total. The minimum Gasteiger partial charge on any atom is -0.456 e. The number of hydrogen-bond acceptors (Lipinski definition) is 7. The zero-order valence-corrected chi connectivity index (χ0v) is 76.3. The second-order valence-corrected chi connectivity index (χ2v) is 111. The maximum absolute atomic E-state index is 6.16. The number of benzene rings is 1. The van der Waals surface area contributed by atoms with Gasteiger partial charge < -0.3 is 28.8 Å². The number of hydrogen-bond donors (Lipinski definition) is 0. The first kappa shape index (κ1) is 87.2. The van der Waals surface area contributed by atoms with E-state index >= 15 is 0 Å². The van der Waals surface area contributed by atoms with Crippen LogP contribution in [0.15, 0.2) is 24.3 Å². The van der Waals surface area contributed by atoms with Gasteiger partial charge in [-0.1, -0.05) is 170 Å². The average molecular weight is 1340 g/mol. The summed E-state index contributed by atoms with van der Waals surface area (Å²) in [5.74, 6) is 0. The molecule has 0 atom stereocenters. The third kappa shape index (κ3) is 68.9. The summed E-state index contributed by atoms with van der Waals surface area (Å²) in [6.07, 6.45) is 0. The largest absolute Gasteiger partial charge is 0.456 e. The lowest BCUT2D eigenvalue weighted by molar-refractivity contribution is 0.238. The third-order valence-electron chi connectivity index (χ3n) is 9.11. The second-order valence-electron chi connectivity index (χ2n) is 36.0. The van der Waals surface area contributed by atoms with Gasteiger partial charge in [0.2, 0.25) is 0 Å². The Bertz CT molecular complexity index is 1440. The maximum Gasteiger partial charge on any atom is 0.314 e. The van der Waals surface area contributed by atoms with Gasteiger partial charge in [0, 0.05) is 32.3 Å². The predicted molar refractivity (Wildman–Crippen MR) is 398 cm³/mol. The van der Waals surface area contributed by atoms with Crippen LogP contribution in [0, 0.1) is 0 Å². The van der Waals surface area contributed by atoms with Crippen molar-refractivity contribution in [2.75, 3.05) is 0 Å². The molecular formula is C53H142O7Si16. The molecule has 0 aliphatic carbocycles. The Morgan fingerprint density at radius 3 is 0.474 bits per heavy atom. The van der Waals surface area contributed by atoms with Gasteiger partial charge in [-0.25, -0.2) is 0 Å². The number of rotatable bonds is 13. The van der Waals surface area contributed by atoms with Crippen molar-refractivity contribution in [3.8, 4) is 0 Å². The van der Waals surface area contributed by atoms with Gasteiger partial charge in [0.15, 0.2) is 49.9 Å². The van der Waals surface area contributed by atoms with Crippen LogP contribution in [0.1, 0.15) is 0 Å². The first-order chi connectivity index (χ1) is 32.1. The second kappa shape index (κ2) is 32.2. The Morgan fingerprint density at radius 1 is 0.263 bits per heavy atom. The third-order valence-corrected chi connectivity index (χ3v) is 56.1. The smallest absolute Gasteiger partial charge is 0.314 e. The highest BCUT2D eigenvalue weighted by molar-refractivity contribution is 6.95. The van der Waals surface area contributed by atoms with E-state index in [2.05, 4.69) is 312 Å². The van der Waals surface area contributed by atoms with Crippen LogP contribution >= 0.6 is 0 Å². The van der Waals surface area contributed by atoms with E-state index in [-0.39, 0.29) is 0 Å². The van der Waals surface area contributed by atoms with Gasteiger partial charge >= 0.3 is 34.2 Å². The van der Waals surface area contributed by atoms with Gasteiger partial charge in [-0.05, 0) is 170 Å². The summed E-state index contributed by atoms with van der Waals surface area (Å²) in [7, 11) is -21.0. The molecule has 7 nitrogen and oxygen atoms in total. The van der Waals surface area contributed by atoms with Crippen molar-refractivity contribution in [1.82, 2.24) is 0 Å². The maximum atomic E-state index is 6.16. The van der Waals surface area contributed by atoms with Crippen LogP contribution in [0.2, 0.25) is 306 Å². The van der Waals surface area contributed by atoms with Gasteiger partial charge in [0.1, 0.15) is 0 Å². The van der Waals surface area contributed by atoms with Gasteiger partial charge in [-0.15, -0.1) is 0 Å². The molecule has 0 amide bonds. The van der Waals surface area contributed by atoms with Crippen molar-refractivity contribution in [3.63, 3.8) is 0 Å². The molecule has 1 aromatic carbocycles. The van der Waals surface area contributed by atoms with Crippen molar-refractivity contribution < 1.29 is 28.8 Å². The Kier molecular flexibility index (Phi) is 37.0. The van der Waals surface area contributed by atoms with Gasteiger partial charge in [0.25, 0.3) is 0 Å². The molecule has 0 radical (unpaired) electrons. The molecule has 1 aromatic rings. The van der Waals surface area contributed by atoms with Crippen LogP contribution < -0.4 is 10.4 Å². The highest BCUT2D eigenvalue weighted by Gasteiger charge is 2.50. The van der Waals surface area contributed by atoms with Crippen LogP contribution in [0.4, 0.5) is 0 Å². The molecule has 1 fully saturated rings. The molecular weight excluding hydrogens is 1200 g/mol. The SMILES string of the molecule is C[Si](C)(C)CC[Si](C)(C)C.C[Si](C)(C)C[Si](C)(C)C.C[Si](C)(C)O[Si](C)(C)C.C[Si](C)(C)O[Si](C)(C)C.C[Si](C)(C)O[Si](C)(C)C.C[Si](C)(C)c1ccc([Si](C)(C)C)cc1.C[Si]1(C)O[Si](C)(C)O[Si](C)(C)O[Si](C)(C)O1. The normalized spacial score (nSPS) is 17.5. The summed E-state index contributed by atoms with van der Waals surface area (Å²) in [6, 6.07) is 12.4. The lowest BCUT2D eigenvalue weighted by atomic mass is 10.4. The first-order valence-corrected chi connectivity index (χ1v) is 82.6. The summed E-state index contributed by atoms with van der Waals surface area (Å²) < 4.78 is 42.3. The zero-order valence-electron chi connectivity index (χ0n) is 60.3. The van der Waals surface area contributed by atoms with Crippen LogP contribution in [0.25, 0.3) is 0 Å². The minimum absolute atomic E-state index is 0.731. The monoisotopic (exact) mass is 1340 g/mol. The molecule has 0 aromatic heterocycles. The van der Waals surface area contributed by atoms with E-state index in [9.17, 15) is 0 Å². The van der Waals surface area contributed by atoms with Crippen molar-refractivity contribution in [2.24, 2.45) is 0 Å². The molecule has 0 unspecified atom stereocenters. The fourth-order valence-electron chi connectivity index (χ4n) is 9.02. The molecule has 0 saturated carbocycles. The summed E-state index contributed by atoms with van der Waals surface area (Å²) in [5, 5.41) is 3.14. The van der Waals surface area contributed by atoms with Crippen molar-refractivity contribution in [2.45, 2.75) is 306 Å². The molecule has 0 bridgehead atoms. The molecule has 1 saturated heterocycles. The van der Waals surface area contributed by atoms with Gasteiger partial charge in [-0.2, -0.15) is 0 Å². The highest BCUT2D eigenvalue weighted by atomic mass is 28.5. The van der Waals surface area contributed by atoms with Crippen molar-refractivity contribution >= 4 is 143 Å². The molecule has 0 spiro atoms. The van der Waals surface area contributed by atoms with E-state index in [1.54, 1.807) is 16.0 Å². The van der Waals surface area contributed by atoms with Gasteiger partial charge in [0.05, 0.1) is 16.1 Å². The Hall–Kier alpha value is 2.41. The topological polar surface area (TPSA) is 64.6 Å². The molecule has 1 heterocycles. The lowest BCUT2D eigenvalue weighted by Gasteiger charge is -2.46. The quantitative estimate of drug-likeness (QED) is 0.182. The van der Waals surface area contributed by atoms with E-state index in [1.165, 1.54) is 12.1 Å². The fourth-order valence-corrected chi connectivity index (χ4v) is 73.2. The Labute approximate surface area is 497 Å². The highest BCUT2D eigenvalue weighted by Crippen LogP contribution is 2.30. The summed E-state index contributed by atoms with van der Waals surface area (Å²) in [6.45, 7) is 101. The van der Waals surface area contributed by atoms with Crippen molar-refractivity contribution in [1.29, 1.82) is 0 Å². The Balaban J connectivity index is -0.000000262. The minimum atomic E-state index is -2.11. The van der Waals surface area contributed by atoms with E-state index in [0.717, 1.165) is 0 Å². The van der Waals surface area contributed by atoms with Gasteiger partial charge in [-0.3, -0.25) is 0 Å². The van der Waals surface area contributed by atoms with Crippen LogP contribution in [0.5, 0.6) is 0 Å². The molecule has 460 valence electrons. The predicted octanol–water partition coefficient (Wildman–Crippen LogP) is 20.5. The molecule has 2 rings (SSSR count). The first-order valence-electron chi connectivity index (χ1n) is 29.1. The average Bonchev–Trinajstić information content (AvgIpc) is 2.94. The zero-order chi connectivity index (χ0) is 63.1. The fraction of sp³-hybridized carbons (Fsp3) is 0.887. The standard InChI is InChI=1S/C12H22Si2.C8H24O4Si4.C8H22Si2.C7H20Si2.3C6H18OSi2/c1-13(2,3)11-7-9-12(10-8-11)14(4,5)6;1-13(2)9-14(3,4)11-16(7,8)12-15(5,6)10-13;1-9(2,3)7-8-10(4,5)6;4*1-8(2,3)7-9(4,5)6/h7-10H,1-6H3;1-8H3;7-8H2,1-6H3;7H2,1-6H3;3*1-6H3. The summed E-state index contributed by atoms with van der Waals surface area (Å²) >= 11 is 0. The van der Waals surface area contributed by atoms with E-state index in [4.69, 9.17) is 28.8 Å². The Morgan fingerprint density at radius 2 is 0.408 bits per heavy atom. The summed E-state index contributed by atoms with van der Waals surface area (Å²) in [4.78, 5) is 0. The molecule has 23 heteroatoms.